The van der Waals surface area contributed by atoms with Gasteiger partial charge in [0.2, 0.25) is 0 Å². The van der Waals surface area contributed by atoms with E-state index >= 15 is 0 Å². The molecule has 23 heavy (non-hydrogen) atoms. The van der Waals surface area contributed by atoms with Crippen LogP contribution in [-0.2, 0) is 4.79 Å². The van der Waals surface area contributed by atoms with Gasteiger partial charge in [0.15, 0.2) is 6.54 Å². The highest BCUT2D eigenvalue weighted by Crippen LogP contribution is 2.17. The number of quaternary nitrogens is 1. The molecule has 1 aromatic carbocycles. The predicted octanol–water partition coefficient (Wildman–Crippen LogP) is 1.30. The highest BCUT2D eigenvalue weighted by Gasteiger charge is 2.14. The van der Waals surface area contributed by atoms with Crippen LogP contribution in [0.4, 0.5) is 0 Å². The zero-order valence-electron chi connectivity index (χ0n) is 14.2. The lowest BCUT2D eigenvalue weighted by Crippen LogP contribution is -3.13. The van der Waals surface area contributed by atoms with Crippen LogP contribution in [0.2, 0.25) is 0 Å². The molecular formula is C18H28N3O2+. The van der Waals surface area contributed by atoms with Gasteiger partial charge < -0.3 is 9.64 Å². The van der Waals surface area contributed by atoms with Crippen molar-refractivity contribution in [3.05, 3.63) is 29.3 Å². The number of nitrogens with zero attached hydrogens (tertiary/aromatic N) is 1. The lowest BCUT2D eigenvalue weighted by atomic mass is 10.1. The van der Waals surface area contributed by atoms with E-state index in [0.29, 0.717) is 6.54 Å². The van der Waals surface area contributed by atoms with Crippen molar-refractivity contribution >= 4 is 12.1 Å². The van der Waals surface area contributed by atoms with Gasteiger partial charge in [-0.05, 0) is 61.9 Å². The number of aryl methyl sites for hydroxylation is 1. The first kappa shape index (κ1) is 17.5. The predicted molar refractivity (Wildman–Crippen MR) is 92.1 cm³/mol. The molecule has 1 saturated heterocycles. The van der Waals surface area contributed by atoms with Crippen LogP contribution in [-0.4, -0.2) is 38.9 Å². The Morgan fingerprint density at radius 3 is 2.61 bits per heavy atom. The van der Waals surface area contributed by atoms with E-state index in [4.69, 9.17) is 4.74 Å². The van der Waals surface area contributed by atoms with Crippen LogP contribution in [0, 0.1) is 6.92 Å². The van der Waals surface area contributed by atoms with E-state index in [1.54, 1.807) is 13.3 Å². The fraction of sp³-hybridized carbons (Fsp3) is 0.556. The summed E-state index contributed by atoms with van der Waals surface area (Å²) in [4.78, 5) is 13.4. The Morgan fingerprint density at radius 1 is 1.26 bits per heavy atom. The van der Waals surface area contributed by atoms with Crippen LogP contribution < -0.4 is 15.1 Å². The van der Waals surface area contributed by atoms with Gasteiger partial charge in [0.1, 0.15) is 5.75 Å². The summed E-state index contributed by atoms with van der Waals surface area (Å²) >= 11 is 0. The fourth-order valence-electron chi connectivity index (χ4n) is 3.01. The number of benzene rings is 1. The molecule has 2 rings (SSSR count). The Morgan fingerprint density at radius 2 is 1.96 bits per heavy atom. The number of amides is 1. The van der Waals surface area contributed by atoms with Crippen molar-refractivity contribution in [1.82, 2.24) is 5.43 Å². The average molecular weight is 318 g/mol. The summed E-state index contributed by atoms with van der Waals surface area (Å²) in [5.74, 6) is 0.842. The summed E-state index contributed by atoms with van der Waals surface area (Å²) in [6.07, 6.45) is 8.03. The van der Waals surface area contributed by atoms with Gasteiger partial charge in [0.05, 0.1) is 26.4 Å². The summed E-state index contributed by atoms with van der Waals surface area (Å²) in [6, 6.07) is 5.81. The van der Waals surface area contributed by atoms with Crippen molar-refractivity contribution in [2.75, 3.05) is 26.7 Å². The highest BCUT2D eigenvalue weighted by atomic mass is 16.5. The molecule has 1 amide bonds. The molecule has 2 N–H and O–H groups in total. The number of carbonyl (C=O) groups excluding carboxylic acids is 1. The molecule has 5 heteroatoms. The molecule has 0 aliphatic carbocycles. The lowest BCUT2D eigenvalue weighted by Gasteiger charge is -2.20. The molecule has 1 aliphatic heterocycles. The first-order valence-corrected chi connectivity index (χ1v) is 8.49. The van der Waals surface area contributed by atoms with Crippen molar-refractivity contribution in [1.29, 1.82) is 0 Å². The third-order valence-electron chi connectivity index (χ3n) is 4.29. The largest absolute Gasteiger partial charge is 0.496 e. The van der Waals surface area contributed by atoms with Crippen LogP contribution in [0.25, 0.3) is 0 Å². The molecule has 1 aromatic rings. The Labute approximate surface area is 138 Å². The number of hydrogen-bond donors (Lipinski definition) is 2. The number of carbonyl (C=O) groups is 1. The molecule has 1 aliphatic rings. The number of rotatable bonds is 5. The van der Waals surface area contributed by atoms with Gasteiger partial charge >= 0.3 is 0 Å². The molecule has 0 bridgehead atoms. The summed E-state index contributed by atoms with van der Waals surface area (Å²) in [7, 11) is 1.66. The normalized spacial score (nSPS) is 16.8. The summed E-state index contributed by atoms with van der Waals surface area (Å²) in [6.45, 7) is 4.68. The van der Waals surface area contributed by atoms with Crippen LogP contribution >= 0.6 is 0 Å². The second-order valence-electron chi connectivity index (χ2n) is 6.22. The smallest absolute Gasteiger partial charge is 0.295 e. The Balaban J connectivity index is 1.79. The first-order valence-electron chi connectivity index (χ1n) is 8.49. The molecule has 0 radical (unpaired) electrons. The molecule has 0 atom stereocenters. The maximum atomic E-state index is 12.0. The van der Waals surface area contributed by atoms with E-state index in [1.807, 2.05) is 25.1 Å². The molecule has 0 spiro atoms. The molecule has 0 aromatic heterocycles. The summed E-state index contributed by atoms with van der Waals surface area (Å²) in [5.41, 5.74) is 4.64. The van der Waals surface area contributed by atoms with Gasteiger partial charge in [-0.25, -0.2) is 5.43 Å². The number of ether oxygens (including phenoxy) is 1. The number of likely N-dealkylation sites (tertiary alicyclic amines) is 1. The zero-order chi connectivity index (χ0) is 16.5. The van der Waals surface area contributed by atoms with Gasteiger partial charge in [-0.1, -0.05) is 6.42 Å². The quantitative estimate of drug-likeness (QED) is 0.635. The second-order valence-corrected chi connectivity index (χ2v) is 6.22. The lowest BCUT2D eigenvalue weighted by molar-refractivity contribution is -0.893. The van der Waals surface area contributed by atoms with E-state index in [2.05, 4.69) is 10.5 Å². The van der Waals surface area contributed by atoms with E-state index in [1.165, 1.54) is 37.0 Å². The third-order valence-corrected chi connectivity index (χ3v) is 4.29. The van der Waals surface area contributed by atoms with Gasteiger partial charge in [0, 0.05) is 0 Å². The van der Waals surface area contributed by atoms with E-state index < -0.39 is 0 Å². The van der Waals surface area contributed by atoms with Crippen molar-refractivity contribution in [3.63, 3.8) is 0 Å². The Bertz CT molecular complexity index is 535. The topological polar surface area (TPSA) is 55.1 Å². The zero-order valence-corrected chi connectivity index (χ0v) is 14.2. The molecule has 0 unspecified atom stereocenters. The Hall–Kier alpha value is -1.88. The number of hydrogen-bond acceptors (Lipinski definition) is 3. The third kappa shape index (κ3) is 6.02. The summed E-state index contributed by atoms with van der Waals surface area (Å²) < 4.78 is 5.23. The maximum Gasteiger partial charge on any atom is 0.295 e. The van der Waals surface area contributed by atoms with Crippen molar-refractivity contribution in [2.45, 2.75) is 39.0 Å². The number of methoxy groups -OCH3 is 1. The van der Waals surface area contributed by atoms with Gasteiger partial charge in [-0.3, -0.25) is 4.79 Å². The van der Waals surface area contributed by atoms with Gasteiger partial charge in [-0.2, -0.15) is 5.10 Å². The molecule has 1 heterocycles. The summed E-state index contributed by atoms with van der Waals surface area (Å²) in [5, 5.41) is 4.07. The fourth-order valence-corrected chi connectivity index (χ4v) is 3.01. The minimum absolute atomic E-state index is 0.0120. The first-order chi connectivity index (χ1) is 11.2. The van der Waals surface area contributed by atoms with E-state index in [9.17, 15) is 4.79 Å². The second kappa shape index (κ2) is 9.30. The highest BCUT2D eigenvalue weighted by molar-refractivity contribution is 5.83. The van der Waals surface area contributed by atoms with Gasteiger partial charge in [0.25, 0.3) is 5.91 Å². The van der Waals surface area contributed by atoms with Crippen LogP contribution in [0.5, 0.6) is 5.75 Å². The Kier molecular flexibility index (Phi) is 7.07. The number of hydrazone groups is 1. The molecule has 126 valence electrons. The monoisotopic (exact) mass is 318 g/mol. The maximum absolute atomic E-state index is 12.0. The van der Waals surface area contributed by atoms with Crippen molar-refractivity contribution in [3.8, 4) is 5.75 Å². The molecule has 5 nitrogen and oxygen atoms in total. The molecule has 0 saturated carbocycles. The average Bonchev–Trinajstić information content (AvgIpc) is 2.50. The SMILES string of the molecule is COc1ccc(/C=N\NC(=O)C[NH+]2CCCCCCC2)cc1C. The number of nitrogens with one attached hydrogen (secondary N) is 2. The van der Waals surface area contributed by atoms with Crippen LogP contribution in [0.15, 0.2) is 23.3 Å². The van der Waals surface area contributed by atoms with Crippen molar-refractivity contribution in [2.24, 2.45) is 5.10 Å². The molecule has 1 fully saturated rings. The van der Waals surface area contributed by atoms with Crippen LogP contribution in [0.1, 0.15) is 43.2 Å². The minimum Gasteiger partial charge on any atom is -0.496 e. The van der Waals surface area contributed by atoms with Crippen LogP contribution in [0.3, 0.4) is 0 Å². The van der Waals surface area contributed by atoms with E-state index in [-0.39, 0.29) is 5.91 Å². The van der Waals surface area contributed by atoms with E-state index in [0.717, 1.165) is 30.0 Å². The minimum atomic E-state index is -0.0120. The van der Waals surface area contributed by atoms with Gasteiger partial charge in [-0.15, -0.1) is 0 Å². The van der Waals surface area contributed by atoms with Crippen molar-refractivity contribution < 1.29 is 14.4 Å². The molecular weight excluding hydrogens is 290 g/mol. The standard InChI is InChI=1S/C18H27N3O2/c1-15-12-16(8-9-17(15)23-2)13-19-20-18(22)14-21-10-6-4-3-5-7-11-21/h8-9,12-13H,3-7,10-11,14H2,1-2H3,(H,20,22)/p+1/b19-13-.